The van der Waals surface area contributed by atoms with Gasteiger partial charge in [0.15, 0.2) is 11.5 Å². The molecule has 10 heteroatoms. The van der Waals surface area contributed by atoms with Gasteiger partial charge in [-0.25, -0.2) is 0 Å². The van der Waals surface area contributed by atoms with Gasteiger partial charge >= 0.3 is 0 Å². The van der Waals surface area contributed by atoms with Crippen LogP contribution >= 0.6 is 0 Å². The Labute approximate surface area is 458 Å². The fourth-order valence-corrected chi connectivity index (χ4v) is 9.60. The SMILES string of the molecule is CCOc1c(CON(CC)c2ccc(C)cc2C)cc2ccccc2c1N=Nc1ccc(C=Cc2ccc(C=Cc3ccc(N=Nc4c(OCC)c(C(=O)N(CC)c5ccc(C)cc5C)cc5ccccc45)cc3)cc2)cc1. The summed E-state index contributed by atoms with van der Waals surface area (Å²) in [5, 5.41) is 24.6. The number of nitrogens with zero attached hydrogens (tertiary/aromatic N) is 6. The molecule has 392 valence electrons. The van der Waals surface area contributed by atoms with Crippen LogP contribution in [0.3, 0.4) is 0 Å². The minimum atomic E-state index is -0.152. The van der Waals surface area contributed by atoms with Crippen LogP contribution in [0.15, 0.2) is 190 Å². The van der Waals surface area contributed by atoms with Crippen molar-refractivity contribution in [3.63, 3.8) is 0 Å². The molecule has 10 nitrogen and oxygen atoms in total. The number of amides is 1. The summed E-state index contributed by atoms with van der Waals surface area (Å²) in [5.74, 6) is 0.934. The van der Waals surface area contributed by atoms with Crippen LogP contribution in [0.1, 0.15) is 88.1 Å². The summed E-state index contributed by atoms with van der Waals surface area (Å²) in [6, 6.07) is 57.0. The smallest absolute Gasteiger partial charge is 0.262 e. The van der Waals surface area contributed by atoms with E-state index in [0.717, 1.165) is 83.1 Å². The van der Waals surface area contributed by atoms with E-state index in [4.69, 9.17) is 29.7 Å². The average molecular weight is 1030 g/mol. The number of ether oxygens (including phenoxy) is 2. The lowest BCUT2D eigenvalue weighted by molar-refractivity contribution is 0.0951. The zero-order chi connectivity index (χ0) is 54.5. The van der Waals surface area contributed by atoms with E-state index in [1.165, 1.54) is 5.56 Å². The first-order valence-electron chi connectivity index (χ1n) is 26.8. The van der Waals surface area contributed by atoms with Crippen molar-refractivity contribution in [2.24, 2.45) is 20.5 Å². The summed E-state index contributed by atoms with van der Waals surface area (Å²) >= 11 is 0. The Balaban J connectivity index is 0.850. The molecule has 78 heavy (non-hydrogen) atoms. The molecule has 0 spiro atoms. The number of benzene rings is 9. The van der Waals surface area contributed by atoms with E-state index >= 15 is 0 Å². The molecule has 0 aliphatic rings. The quantitative estimate of drug-likeness (QED) is 0.0430. The number of rotatable bonds is 20. The van der Waals surface area contributed by atoms with Crippen molar-refractivity contribution in [1.82, 2.24) is 0 Å². The van der Waals surface area contributed by atoms with Crippen molar-refractivity contribution in [3.05, 3.63) is 225 Å². The second kappa shape index (κ2) is 25.2. The van der Waals surface area contributed by atoms with Gasteiger partial charge in [0.1, 0.15) is 18.0 Å². The van der Waals surface area contributed by atoms with Crippen LogP contribution in [0.2, 0.25) is 0 Å². The molecule has 9 aromatic carbocycles. The molecule has 0 radical (unpaired) electrons. The number of aryl methyl sites for hydroxylation is 4. The second-order valence-electron chi connectivity index (χ2n) is 19.1. The van der Waals surface area contributed by atoms with Crippen molar-refractivity contribution in [3.8, 4) is 11.5 Å². The van der Waals surface area contributed by atoms with E-state index in [1.54, 1.807) is 4.90 Å². The summed E-state index contributed by atoms with van der Waals surface area (Å²) in [4.78, 5) is 22.7. The molecule has 9 aromatic rings. The van der Waals surface area contributed by atoms with Gasteiger partial charge in [0, 0.05) is 35.1 Å². The molecule has 0 aliphatic carbocycles. The lowest BCUT2D eigenvalue weighted by atomic mass is 10.0. The third kappa shape index (κ3) is 12.6. The molecule has 9 rings (SSSR count). The Morgan fingerprint density at radius 1 is 0.474 bits per heavy atom. The highest BCUT2D eigenvalue weighted by Gasteiger charge is 2.26. The molecular formula is C68H66N6O4. The zero-order valence-corrected chi connectivity index (χ0v) is 45.8. The molecule has 0 atom stereocenters. The van der Waals surface area contributed by atoms with Gasteiger partial charge in [0.25, 0.3) is 5.91 Å². The predicted octanol–water partition coefficient (Wildman–Crippen LogP) is 18.8. The maximum absolute atomic E-state index is 14.4. The number of hydrogen-bond donors (Lipinski definition) is 0. The summed E-state index contributed by atoms with van der Waals surface area (Å²) in [6.07, 6.45) is 8.37. The number of fused-ring (bicyclic) bond motifs is 2. The van der Waals surface area contributed by atoms with Gasteiger partial charge in [0.2, 0.25) is 0 Å². The van der Waals surface area contributed by atoms with Crippen molar-refractivity contribution >= 4 is 85.9 Å². The van der Waals surface area contributed by atoms with E-state index in [2.05, 4.69) is 124 Å². The van der Waals surface area contributed by atoms with E-state index < -0.39 is 0 Å². The first-order chi connectivity index (χ1) is 38.0. The first-order valence-corrected chi connectivity index (χ1v) is 26.8. The highest BCUT2D eigenvalue weighted by atomic mass is 16.7. The first kappa shape index (κ1) is 53.8. The average Bonchev–Trinajstić information content (AvgIpc) is 3.49. The van der Waals surface area contributed by atoms with Gasteiger partial charge in [-0.05, 0) is 148 Å². The Kier molecular flexibility index (Phi) is 17.4. The number of azo groups is 2. The maximum Gasteiger partial charge on any atom is 0.262 e. The van der Waals surface area contributed by atoms with E-state index in [0.29, 0.717) is 67.0 Å². The third-order valence-electron chi connectivity index (χ3n) is 13.5. The summed E-state index contributed by atoms with van der Waals surface area (Å²) in [5.41, 5.74) is 14.6. The molecule has 0 bridgehead atoms. The van der Waals surface area contributed by atoms with Crippen LogP contribution in [-0.2, 0) is 11.4 Å². The molecular weight excluding hydrogens is 965 g/mol. The standard InChI is InChI=1S/C68H66N6O4/c1-9-73(62-39-21-46(5)41-48(62)7)68(75)61-44-55-18-14-16-20-60(55)65(67(61)77-12-4)72-70-58-37-33-53(34-38-58)30-28-51-25-23-50(24-26-51)27-29-52-31-35-57(36-32-52)69-71-64-59-19-15-13-17-54(59)43-56(66(64)76-11-3)45-78-74(10-2)63-40-22-47(6)42-49(63)8/h13-44H,9-12,45H2,1-8H3. The number of hydrogen-bond acceptors (Lipinski definition) is 9. The zero-order valence-electron chi connectivity index (χ0n) is 45.8. The lowest BCUT2D eigenvalue weighted by Gasteiger charge is -2.25. The van der Waals surface area contributed by atoms with Crippen molar-refractivity contribution in [1.29, 1.82) is 0 Å². The van der Waals surface area contributed by atoms with Gasteiger partial charge in [0.05, 0.1) is 35.8 Å². The van der Waals surface area contributed by atoms with Crippen LogP contribution in [0.5, 0.6) is 11.5 Å². The maximum atomic E-state index is 14.4. The lowest BCUT2D eigenvalue weighted by Crippen LogP contribution is -2.31. The fourth-order valence-electron chi connectivity index (χ4n) is 9.60. The molecule has 0 aromatic heterocycles. The van der Waals surface area contributed by atoms with Crippen molar-refractivity contribution < 1.29 is 19.1 Å². The van der Waals surface area contributed by atoms with E-state index in [1.807, 2.05) is 136 Å². The van der Waals surface area contributed by atoms with Gasteiger partial charge in [-0.2, -0.15) is 10.2 Å². The molecule has 1 amide bonds. The van der Waals surface area contributed by atoms with Crippen molar-refractivity contribution in [2.75, 3.05) is 36.3 Å². The number of carbonyl (C=O) groups is 1. The van der Waals surface area contributed by atoms with Crippen LogP contribution in [0.4, 0.5) is 34.1 Å². The normalized spacial score (nSPS) is 11.7. The van der Waals surface area contributed by atoms with E-state index in [9.17, 15) is 4.79 Å². The molecule has 0 fully saturated rings. The van der Waals surface area contributed by atoms with Crippen LogP contribution in [0, 0.1) is 27.7 Å². The number of hydroxylamine groups is 1. The topological polar surface area (TPSA) is 101 Å². The van der Waals surface area contributed by atoms with E-state index in [-0.39, 0.29) is 5.91 Å². The summed E-state index contributed by atoms with van der Waals surface area (Å²) < 4.78 is 12.5. The number of carbonyl (C=O) groups excluding carboxylic acids is 1. The molecule has 0 N–H and O–H groups in total. The third-order valence-corrected chi connectivity index (χ3v) is 13.5. The predicted molar refractivity (Wildman–Crippen MR) is 323 cm³/mol. The Morgan fingerprint density at radius 2 is 0.923 bits per heavy atom. The van der Waals surface area contributed by atoms with Crippen molar-refractivity contribution in [2.45, 2.75) is 62.0 Å². The fraction of sp³-hybridized carbons (Fsp3) is 0.191. The highest BCUT2D eigenvalue weighted by Crippen LogP contribution is 2.43. The molecule has 0 saturated carbocycles. The molecule has 0 aliphatic heterocycles. The Morgan fingerprint density at radius 3 is 1.40 bits per heavy atom. The molecule has 0 heterocycles. The van der Waals surface area contributed by atoms with Gasteiger partial charge < -0.3 is 14.4 Å². The largest absolute Gasteiger partial charge is 0.491 e. The van der Waals surface area contributed by atoms with Gasteiger partial charge in [-0.3, -0.25) is 14.7 Å². The Bertz CT molecular complexity index is 3690. The molecule has 0 unspecified atom stereocenters. The second-order valence-corrected chi connectivity index (χ2v) is 19.1. The van der Waals surface area contributed by atoms with Gasteiger partial charge in [-0.1, -0.05) is 157 Å². The van der Waals surface area contributed by atoms with Crippen LogP contribution < -0.4 is 19.4 Å². The summed E-state index contributed by atoms with van der Waals surface area (Å²) in [7, 11) is 0. The molecule has 0 saturated heterocycles. The summed E-state index contributed by atoms with van der Waals surface area (Å²) in [6.45, 7) is 18.6. The minimum absolute atomic E-state index is 0.152. The van der Waals surface area contributed by atoms with Crippen LogP contribution in [-0.4, -0.2) is 32.2 Å². The highest BCUT2D eigenvalue weighted by molar-refractivity contribution is 6.13. The monoisotopic (exact) mass is 1030 g/mol. The van der Waals surface area contributed by atoms with Gasteiger partial charge in [-0.15, -0.1) is 10.2 Å². The van der Waals surface area contributed by atoms with Crippen LogP contribution in [0.25, 0.3) is 45.8 Å². The number of anilines is 2. The Hall–Kier alpha value is -8.99. The minimum Gasteiger partial charge on any atom is -0.491 e.